The van der Waals surface area contributed by atoms with E-state index in [0.717, 1.165) is 0 Å². The minimum Gasteiger partial charge on any atom is -0.481 e. The quantitative estimate of drug-likeness (QED) is 0.808. The molecule has 0 saturated carbocycles. The van der Waals surface area contributed by atoms with Crippen LogP contribution in [-0.2, 0) is 16.1 Å². The molecule has 2 unspecified atom stereocenters. The monoisotopic (exact) mass is 252 g/mol. The van der Waals surface area contributed by atoms with Crippen molar-refractivity contribution in [3.8, 4) is 0 Å². The molecule has 0 aromatic carbocycles. The Morgan fingerprint density at radius 3 is 2.83 bits per heavy atom. The van der Waals surface area contributed by atoms with Crippen LogP contribution in [0.2, 0.25) is 0 Å². The van der Waals surface area contributed by atoms with Gasteiger partial charge < -0.3 is 10.0 Å². The van der Waals surface area contributed by atoms with E-state index in [2.05, 4.69) is 10.3 Å². The van der Waals surface area contributed by atoms with Crippen molar-refractivity contribution in [3.05, 3.63) is 12.4 Å². The molecular weight excluding hydrogens is 236 g/mol. The zero-order valence-electron chi connectivity index (χ0n) is 10.2. The molecule has 0 aliphatic carbocycles. The van der Waals surface area contributed by atoms with Crippen LogP contribution in [0.1, 0.15) is 13.3 Å². The van der Waals surface area contributed by atoms with Gasteiger partial charge in [-0.2, -0.15) is 0 Å². The van der Waals surface area contributed by atoms with Gasteiger partial charge in [-0.05, 0) is 12.3 Å². The summed E-state index contributed by atoms with van der Waals surface area (Å²) >= 11 is 0. The van der Waals surface area contributed by atoms with Gasteiger partial charge in [-0.15, -0.1) is 5.10 Å². The van der Waals surface area contributed by atoms with Crippen LogP contribution >= 0.6 is 0 Å². The maximum atomic E-state index is 12.0. The summed E-state index contributed by atoms with van der Waals surface area (Å²) in [6.07, 6.45) is 3.66. The summed E-state index contributed by atoms with van der Waals surface area (Å²) < 4.78 is 1.47. The molecule has 1 N–H and O–H groups in total. The van der Waals surface area contributed by atoms with E-state index in [1.165, 1.54) is 10.9 Å². The first kappa shape index (κ1) is 12.5. The summed E-state index contributed by atoms with van der Waals surface area (Å²) in [6.45, 7) is 3.01. The van der Waals surface area contributed by atoms with Crippen LogP contribution in [0.15, 0.2) is 12.4 Å². The number of rotatable bonds is 3. The highest BCUT2D eigenvalue weighted by Crippen LogP contribution is 2.23. The molecule has 7 nitrogen and oxygen atoms in total. The fourth-order valence-corrected chi connectivity index (χ4v) is 2.29. The van der Waals surface area contributed by atoms with E-state index in [1.807, 2.05) is 6.92 Å². The average Bonchev–Trinajstić information content (AvgIpc) is 2.81. The number of aliphatic carboxylic acids is 1. The molecule has 0 radical (unpaired) electrons. The molecule has 0 bridgehead atoms. The number of hydrogen-bond donors (Lipinski definition) is 1. The molecule has 2 heterocycles. The van der Waals surface area contributed by atoms with Crippen molar-refractivity contribution in [1.29, 1.82) is 0 Å². The molecule has 1 aromatic heterocycles. The van der Waals surface area contributed by atoms with E-state index in [-0.39, 0.29) is 24.3 Å². The third-order valence-corrected chi connectivity index (χ3v) is 3.34. The zero-order chi connectivity index (χ0) is 13.1. The second-order valence-electron chi connectivity index (χ2n) is 4.65. The average molecular weight is 252 g/mol. The molecule has 1 amide bonds. The lowest BCUT2D eigenvalue weighted by Gasteiger charge is -2.34. The van der Waals surface area contributed by atoms with E-state index >= 15 is 0 Å². The SMILES string of the molecule is CC1CN(C(=O)Cn2ccnn2)CCC1C(=O)O. The highest BCUT2D eigenvalue weighted by molar-refractivity contribution is 5.77. The van der Waals surface area contributed by atoms with Crippen LogP contribution in [0.5, 0.6) is 0 Å². The van der Waals surface area contributed by atoms with Gasteiger partial charge in [0.15, 0.2) is 0 Å². The van der Waals surface area contributed by atoms with Gasteiger partial charge in [-0.25, -0.2) is 4.68 Å². The summed E-state index contributed by atoms with van der Waals surface area (Å²) in [4.78, 5) is 24.6. The van der Waals surface area contributed by atoms with E-state index < -0.39 is 5.97 Å². The van der Waals surface area contributed by atoms with Gasteiger partial charge in [0.1, 0.15) is 6.54 Å². The Hall–Kier alpha value is -1.92. The number of amides is 1. The Balaban J connectivity index is 1.92. The van der Waals surface area contributed by atoms with Gasteiger partial charge in [0.25, 0.3) is 0 Å². The molecule has 0 spiro atoms. The van der Waals surface area contributed by atoms with Crippen molar-refractivity contribution in [1.82, 2.24) is 19.9 Å². The van der Waals surface area contributed by atoms with Crippen LogP contribution in [-0.4, -0.2) is 50.0 Å². The van der Waals surface area contributed by atoms with Gasteiger partial charge in [0, 0.05) is 19.3 Å². The van der Waals surface area contributed by atoms with Crippen molar-refractivity contribution in [2.24, 2.45) is 11.8 Å². The summed E-state index contributed by atoms with van der Waals surface area (Å²) in [5.41, 5.74) is 0. The maximum absolute atomic E-state index is 12.0. The zero-order valence-corrected chi connectivity index (χ0v) is 10.2. The first-order valence-corrected chi connectivity index (χ1v) is 5.92. The van der Waals surface area contributed by atoms with E-state index in [0.29, 0.717) is 19.5 Å². The molecular formula is C11H16N4O3. The third-order valence-electron chi connectivity index (χ3n) is 3.34. The van der Waals surface area contributed by atoms with Crippen LogP contribution in [0.3, 0.4) is 0 Å². The van der Waals surface area contributed by atoms with E-state index in [4.69, 9.17) is 5.11 Å². The van der Waals surface area contributed by atoms with Crippen LogP contribution in [0.25, 0.3) is 0 Å². The molecule has 18 heavy (non-hydrogen) atoms. The van der Waals surface area contributed by atoms with Crippen molar-refractivity contribution in [2.75, 3.05) is 13.1 Å². The highest BCUT2D eigenvalue weighted by Gasteiger charge is 2.32. The molecule has 1 aromatic rings. The number of nitrogens with zero attached hydrogens (tertiary/aromatic N) is 4. The normalized spacial score (nSPS) is 23.9. The fourth-order valence-electron chi connectivity index (χ4n) is 2.29. The molecule has 1 aliphatic rings. The topological polar surface area (TPSA) is 88.3 Å². The Kier molecular flexibility index (Phi) is 3.59. The third kappa shape index (κ3) is 2.66. The lowest BCUT2D eigenvalue weighted by molar-refractivity contribution is -0.148. The number of likely N-dealkylation sites (tertiary alicyclic amines) is 1. The number of aromatic nitrogens is 3. The Bertz CT molecular complexity index is 432. The van der Waals surface area contributed by atoms with Crippen molar-refractivity contribution < 1.29 is 14.7 Å². The number of carboxylic acid groups (broad SMARTS) is 1. The summed E-state index contributed by atoms with van der Waals surface area (Å²) in [5, 5.41) is 16.4. The summed E-state index contributed by atoms with van der Waals surface area (Å²) in [7, 11) is 0. The summed E-state index contributed by atoms with van der Waals surface area (Å²) in [6, 6.07) is 0. The Morgan fingerprint density at radius 2 is 2.28 bits per heavy atom. The first-order valence-electron chi connectivity index (χ1n) is 5.92. The molecule has 1 fully saturated rings. The molecule has 1 aliphatic heterocycles. The predicted octanol–water partition coefficient (Wildman–Crippen LogP) is -0.153. The highest BCUT2D eigenvalue weighted by atomic mass is 16.4. The fraction of sp³-hybridized carbons (Fsp3) is 0.636. The van der Waals surface area contributed by atoms with Crippen molar-refractivity contribution in [2.45, 2.75) is 19.9 Å². The van der Waals surface area contributed by atoms with Crippen molar-refractivity contribution >= 4 is 11.9 Å². The van der Waals surface area contributed by atoms with Crippen LogP contribution in [0, 0.1) is 11.8 Å². The molecule has 7 heteroatoms. The van der Waals surface area contributed by atoms with E-state index in [9.17, 15) is 9.59 Å². The Morgan fingerprint density at radius 1 is 1.50 bits per heavy atom. The van der Waals surface area contributed by atoms with Crippen LogP contribution in [0.4, 0.5) is 0 Å². The molecule has 2 atom stereocenters. The van der Waals surface area contributed by atoms with Gasteiger partial charge >= 0.3 is 5.97 Å². The molecule has 2 rings (SSSR count). The van der Waals surface area contributed by atoms with Gasteiger partial charge in [-0.3, -0.25) is 9.59 Å². The number of carbonyl (C=O) groups excluding carboxylic acids is 1. The Labute approximate surface area is 104 Å². The summed E-state index contributed by atoms with van der Waals surface area (Å²) in [5.74, 6) is -1.18. The minimum atomic E-state index is -0.772. The second kappa shape index (κ2) is 5.16. The predicted molar refractivity (Wildman–Crippen MR) is 61.5 cm³/mol. The molecule has 1 saturated heterocycles. The van der Waals surface area contributed by atoms with Crippen molar-refractivity contribution in [3.63, 3.8) is 0 Å². The minimum absolute atomic E-state index is 0.0176. The van der Waals surface area contributed by atoms with Gasteiger partial charge in [0.05, 0.1) is 12.1 Å². The largest absolute Gasteiger partial charge is 0.481 e. The van der Waals surface area contributed by atoms with Crippen LogP contribution < -0.4 is 0 Å². The second-order valence-corrected chi connectivity index (χ2v) is 4.65. The van der Waals surface area contributed by atoms with E-state index in [1.54, 1.807) is 11.1 Å². The number of carboxylic acids is 1. The lowest BCUT2D eigenvalue weighted by atomic mass is 9.87. The smallest absolute Gasteiger partial charge is 0.306 e. The first-order chi connectivity index (χ1) is 8.58. The van der Waals surface area contributed by atoms with Gasteiger partial charge in [-0.1, -0.05) is 12.1 Å². The maximum Gasteiger partial charge on any atom is 0.306 e. The molecule has 98 valence electrons. The standard InChI is InChI=1S/C11H16N4O3/c1-8-6-14(4-2-9(8)11(17)18)10(16)7-15-5-3-12-13-15/h3,5,8-9H,2,4,6-7H2,1H3,(H,17,18). The lowest BCUT2D eigenvalue weighted by Crippen LogP contribution is -2.46. The number of piperidine rings is 1. The number of hydrogen-bond acceptors (Lipinski definition) is 4. The number of carbonyl (C=O) groups is 2. The van der Waals surface area contributed by atoms with Gasteiger partial charge in [0.2, 0.25) is 5.91 Å².